The largest absolute Gasteiger partial charge is 0.350 e. The van der Waals surface area contributed by atoms with E-state index >= 15 is 0 Å². The maximum atomic E-state index is 12.4. The van der Waals surface area contributed by atoms with Gasteiger partial charge in [0.2, 0.25) is 17.6 Å². The first-order chi connectivity index (χ1) is 15.1. The molecular formula is C23H26ClN5O2. The second kappa shape index (κ2) is 10.0. The Bertz CT molecular complexity index is 985. The highest BCUT2D eigenvalue weighted by Gasteiger charge is 2.26. The van der Waals surface area contributed by atoms with E-state index in [1.165, 1.54) is 0 Å². The lowest BCUT2D eigenvalue weighted by Gasteiger charge is -2.30. The van der Waals surface area contributed by atoms with Gasteiger partial charge in [-0.15, -0.1) is 0 Å². The molecule has 3 heterocycles. The van der Waals surface area contributed by atoms with Crippen LogP contribution in [0.1, 0.15) is 49.6 Å². The van der Waals surface area contributed by atoms with Crippen LogP contribution < -0.4 is 5.32 Å². The smallest absolute Gasteiger partial charge is 0.230 e. The molecule has 2 aromatic heterocycles. The number of pyridine rings is 1. The third kappa shape index (κ3) is 5.68. The van der Waals surface area contributed by atoms with Gasteiger partial charge in [0.15, 0.2) is 0 Å². The van der Waals surface area contributed by atoms with Crippen LogP contribution >= 0.6 is 11.6 Å². The lowest BCUT2D eigenvalue weighted by Crippen LogP contribution is -2.36. The molecule has 1 N–H and O–H groups in total. The van der Waals surface area contributed by atoms with Crippen molar-refractivity contribution in [3.63, 3.8) is 0 Å². The lowest BCUT2D eigenvalue weighted by molar-refractivity contribution is -0.122. The van der Waals surface area contributed by atoms with E-state index in [2.05, 4.69) is 25.3 Å². The monoisotopic (exact) mass is 439 g/mol. The second-order valence-electron chi connectivity index (χ2n) is 7.88. The number of aromatic nitrogens is 3. The number of likely N-dealkylation sites (tertiary alicyclic amines) is 1. The van der Waals surface area contributed by atoms with Gasteiger partial charge in [0.25, 0.3) is 0 Å². The number of halogens is 1. The van der Waals surface area contributed by atoms with E-state index in [1.807, 2.05) is 49.4 Å². The Hall–Kier alpha value is -2.77. The standard InChI is InChI=1S/C23H26ClN5O2/c1-16(17-5-7-19(24)8-6-17)26-21(30)11-15-29-13-9-18(10-14-29)23-27-22(28-31-23)20-4-2-3-12-25-20/h2-8,12,16,18H,9-11,13-15H2,1H3,(H,26,30)/t16-/m0/s1. The van der Waals surface area contributed by atoms with Crippen LogP contribution in [0.15, 0.2) is 53.2 Å². The van der Waals surface area contributed by atoms with Crippen LogP contribution in [-0.4, -0.2) is 45.6 Å². The van der Waals surface area contributed by atoms with Crippen molar-refractivity contribution < 1.29 is 9.32 Å². The molecular weight excluding hydrogens is 414 g/mol. The van der Waals surface area contributed by atoms with Crippen LogP contribution in [0.2, 0.25) is 5.02 Å². The Morgan fingerprint density at radius 3 is 2.71 bits per heavy atom. The van der Waals surface area contributed by atoms with Gasteiger partial charge in [-0.1, -0.05) is 35.0 Å². The van der Waals surface area contributed by atoms with Crippen LogP contribution in [0.25, 0.3) is 11.5 Å². The molecule has 31 heavy (non-hydrogen) atoms. The minimum Gasteiger partial charge on any atom is -0.350 e. The van der Waals surface area contributed by atoms with Crippen molar-refractivity contribution in [2.24, 2.45) is 0 Å². The predicted octanol–water partition coefficient (Wildman–Crippen LogP) is 4.23. The zero-order chi connectivity index (χ0) is 21.6. The highest BCUT2D eigenvalue weighted by Crippen LogP contribution is 2.28. The fraction of sp³-hybridized carbons (Fsp3) is 0.391. The average molecular weight is 440 g/mol. The lowest BCUT2D eigenvalue weighted by atomic mass is 9.96. The third-order valence-corrected chi connectivity index (χ3v) is 5.93. The zero-order valence-corrected chi connectivity index (χ0v) is 18.3. The summed E-state index contributed by atoms with van der Waals surface area (Å²) in [6, 6.07) is 13.2. The summed E-state index contributed by atoms with van der Waals surface area (Å²) in [6.45, 7) is 4.54. The molecule has 0 unspecified atom stereocenters. The summed E-state index contributed by atoms with van der Waals surface area (Å²) in [5.74, 6) is 1.51. The number of nitrogens with zero attached hydrogens (tertiary/aromatic N) is 4. The molecule has 4 rings (SSSR count). The number of carbonyl (C=O) groups excluding carboxylic acids is 1. The quantitative estimate of drug-likeness (QED) is 0.593. The number of carbonyl (C=O) groups is 1. The van der Waals surface area contributed by atoms with Gasteiger partial charge in [-0.3, -0.25) is 9.78 Å². The Labute approximate surface area is 186 Å². The van der Waals surface area contributed by atoms with Crippen LogP contribution in [0.4, 0.5) is 0 Å². The molecule has 0 radical (unpaired) electrons. The minimum absolute atomic E-state index is 0.0404. The number of piperidine rings is 1. The summed E-state index contributed by atoms with van der Waals surface area (Å²) in [5.41, 5.74) is 1.76. The van der Waals surface area contributed by atoms with Crippen LogP contribution in [0.5, 0.6) is 0 Å². The molecule has 1 aromatic carbocycles. The SMILES string of the molecule is C[C@H](NC(=O)CCN1CCC(c2nc(-c3ccccn3)no2)CC1)c1ccc(Cl)cc1. The predicted molar refractivity (Wildman–Crippen MR) is 119 cm³/mol. The average Bonchev–Trinajstić information content (AvgIpc) is 3.29. The molecule has 3 aromatic rings. The van der Waals surface area contributed by atoms with Crippen LogP contribution in [0.3, 0.4) is 0 Å². The normalized spacial score (nSPS) is 16.2. The maximum absolute atomic E-state index is 12.4. The first-order valence-corrected chi connectivity index (χ1v) is 11.0. The van der Waals surface area contributed by atoms with Crippen molar-refractivity contribution in [1.82, 2.24) is 25.3 Å². The van der Waals surface area contributed by atoms with Crippen molar-refractivity contribution in [1.29, 1.82) is 0 Å². The van der Waals surface area contributed by atoms with Gasteiger partial charge < -0.3 is 14.7 Å². The van der Waals surface area contributed by atoms with Gasteiger partial charge >= 0.3 is 0 Å². The van der Waals surface area contributed by atoms with E-state index in [0.717, 1.165) is 38.0 Å². The Balaban J connectivity index is 1.21. The number of hydrogen-bond donors (Lipinski definition) is 1. The van der Waals surface area contributed by atoms with Gasteiger partial charge in [-0.25, -0.2) is 0 Å². The Kier molecular flexibility index (Phi) is 6.94. The van der Waals surface area contributed by atoms with Gasteiger partial charge in [0.1, 0.15) is 5.69 Å². The van der Waals surface area contributed by atoms with Gasteiger partial charge in [-0.05, 0) is 62.7 Å². The first kappa shape index (κ1) is 21.5. The zero-order valence-electron chi connectivity index (χ0n) is 17.5. The molecule has 0 saturated carbocycles. The molecule has 1 fully saturated rings. The summed E-state index contributed by atoms with van der Waals surface area (Å²) < 4.78 is 5.49. The van der Waals surface area contributed by atoms with Crippen LogP contribution in [-0.2, 0) is 4.79 Å². The molecule has 162 valence electrons. The van der Waals surface area contributed by atoms with Crippen molar-refractivity contribution in [2.75, 3.05) is 19.6 Å². The van der Waals surface area contributed by atoms with E-state index in [1.54, 1.807) is 6.20 Å². The van der Waals surface area contributed by atoms with E-state index < -0.39 is 0 Å². The first-order valence-electron chi connectivity index (χ1n) is 10.6. The fourth-order valence-electron chi connectivity index (χ4n) is 3.81. The number of hydrogen-bond acceptors (Lipinski definition) is 6. The molecule has 1 aliphatic heterocycles. The number of benzene rings is 1. The van der Waals surface area contributed by atoms with Crippen molar-refractivity contribution in [3.8, 4) is 11.5 Å². The number of amides is 1. The Morgan fingerprint density at radius 2 is 2.00 bits per heavy atom. The topological polar surface area (TPSA) is 84.2 Å². The molecule has 1 saturated heterocycles. The molecule has 0 bridgehead atoms. The van der Waals surface area contributed by atoms with E-state index in [0.29, 0.717) is 28.9 Å². The van der Waals surface area contributed by atoms with Crippen LogP contribution in [0, 0.1) is 0 Å². The van der Waals surface area contributed by atoms with Gasteiger partial charge in [-0.2, -0.15) is 4.98 Å². The number of nitrogens with one attached hydrogen (secondary N) is 1. The van der Waals surface area contributed by atoms with Gasteiger partial charge in [0, 0.05) is 30.1 Å². The summed E-state index contributed by atoms with van der Waals surface area (Å²) in [6.07, 6.45) is 4.07. The van der Waals surface area contributed by atoms with Crippen molar-refractivity contribution in [2.45, 2.75) is 38.1 Å². The highest BCUT2D eigenvalue weighted by atomic mass is 35.5. The molecule has 1 aliphatic rings. The van der Waals surface area contributed by atoms with E-state index in [-0.39, 0.29) is 17.9 Å². The summed E-state index contributed by atoms with van der Waals surface area (Å²) in [5, 5.41) is 7.83. The van der Waals surface area contributed by atoms with Crippen molar-refractivity contribution in [3.05, 3.63) is 65.1 Å². The van der Waals surface area contributed by atoms with E-state index in [9.17, 15) is 4.79 Å². The molecule has 8 heteroatoms. The van der Waals surface area contributed by atoms with Gasteiger partial charge in [0.05, 0.1) is 6.04 Å². The van der Waals surface area contributed by atoms with E-state index in [4.69, 9.17) is 16.1 Å². The highest BCUT2D eigenvalue weighted by molar-refractivity contribution is 6.30. The molecule has 7 nitrogen and oxygen atoms in total. The summed E-state index contributed by atoms with van der Waals surface area (Å²) in [4.78, 5) is 23.5. The minimum atomic E-state index is -0.0404. The summed E-state index contributed by atoms with van der Waals surface area (Å²) in [7, 11) is 0. The third-order valence-electron chi connectivity index (χ3n) is 5.68. The molecule has 0 aliphatic carbocycles. The number of rotatable bonds is 7. The molecule has 1 amide bonds. The summed E-state index contributed by atoms with van der Waals surface area (Å²) >= 11 is 5.93. The maximum Gasteiger partial charge on any atom is 0.230 e. The molecule has 0 spiro atoms. The molecule has 1 atom stereocenters. The van der Waals surface area contributed by atoms with Crippen molar-refractivity contribution >= 4 is 17.5 Å². The fourth-order valence-corrected chi connectivity index (χ4v) is 3.94. The Morgan fingerprint density at radius 1 is 1.23 bits per heavy atom. The second-order valence-corrected chi connectivity index (χ2v) is 8.31.